The van der Waals surface area contributed by atoms with Crippen molar-refractivity contribution in [3.63, 3.8) is 0 Å². The van der Waals surface area contributed by atoms with Gasteiger partial charge in [0.1, 0.15) is 0 Å². The van der Waals surface area contributed by atoms with Crippen LogP contribution in [0.5, 0.6) is 0 Å². The van der Waals surface area contributed by atoms with Crippen LogP contribution in [0.1, 0.15) is 52.4 Å². The van der Waals surface area contributed by atoms with Crippen LogP contribution in [-0.4, -0.2) is 24.4 Å². The molecule has 0 spiro atoms. The summed E-state index contributed by atoms with van der Waals surface area (Å²) < 4.78 is 84.6. The Balaban J connectivity index is 2.50. The molecule has 0 aromatic carbocycles. The van der Waals surface area contributed by atoms with Gasteiger partial charge < -0.3 is 11.5 Å². The van der Waals surface area contributed by atoms with Crippen molar-refractivity contribution in [2.24, 2.45) is 40.6 Å². The van der Waals surface area contributed by atoms with Gasteiger partial charge in [0, 0.05) is 12.1 Å². The second kappa shape index (κ2) is 6.91. The van der Waals surface area contributed by atoms with Gasteiger partial charge in [-0.25, -0.2) is 0 Å². The van der Waals surface area contributed by atoms with Gasteiger partial charge >= 0.3 is 12.4 Å². The van der Waals surface area contributed by atoms with Crippen molar-refractivity contribution in [2.75, 3.05) is 0 Å². The predicted molar refractivity (Wildman–Crippen MR) is 83.5 cm³/mol. The summed E-state index contributed by atoms with van der Waals surface area (Å²) in [7, 11) is 0. The number of nitrogens with two attached hydrogens (primary N) is 2. The first kappa shape index (κ1) is 20.8. The lowest BCUT2D eigenvalue weighted by molar-refractivity contribution is -0.383. The molecule has 6 unspecified atom stereocenters. The molecule has 0 aliphatic heterocycles. The highest BCUT2D eigenvalue weighted by Crippen LogP contribution is 2.65. The summed E-state index contributed by atoms with van der Waals surface area (Å²) in [6.45, 7) is 3.29. The van der Waals surface area contributed by atoms with E-state index < -0.39 is 29.6 Å². The minimum Gasteiger partial charge on any atom is -0.327 e. The van der Waals surface area contributed by atoms with E-state index in [1.807, 2.05) is 0 Å². The minimum absolute atomic E-state index is 0.137. The van der Waals surface area contributed by atoms with Crippen molar-refractivity contribution in [2.45, 2.75) is 76.8 Å². The van der Waals surface area contributed by atoms with Crippen LogP contribution >= 0.6 is 0 Å². The standard InChI is InChI=1S/C17H28F6N2/c1-9-7-11(3-5-13(9)24)15(16(18,19)20,17(21,22)23)12-4-6-14(25)10(2)8-12/h9-14H,3-8,24-25H2,1-2H3. The lowest BCUT2D eigenvalue weighted by Gasteiger charge is -2.53. The van der Waals surface area contributed by atoms with Gasteiger partial charge in [-0.2, -0.15) is 26.3 Å². The highest BCUT2D eigenvalue weighted by molar-refractivity contribution is 5.06. The first-order valence-corrected chi connectivity index (χ1v) is 8.97. The van der Waals surface area contributed by atoms with E-state index in [0.29, 0.717) is 0 Å². The lowest BCUT2D eigenvalue weighted by atomic mass is 9.55. The average molecular weight is 374 g/mol. The van der Waals surface area contributed by atoms with Gasteiger partial charge in [0.05, 0.1) is 0 Å². The van der Waals surface area contributed by atoms with Crippen molar-refractivity contribution in [1.29, 1.82) is 0 Å². The molecule has 0 radical (unpaired) electrons. The van der Waals surface area contributed by atoms with Crippen molar-refractivity contribution < 1.29 is 26.3 Å². The van der Waals surface area contributed by atoms with Crippen LogP contribution in [0.15, 0.2) is 0 Å². The Hall–Kier alpha value is -0.500. The maximum absolute atomic E-state index is 14.1. The molecule has 2 aliphatic carbocycles. The van der Waals surface area contributed by atoms with Crippen LogP contribution in [0.2, 0.25) is 0 Å². The van der Waals surface area contributed by atoms with E-state index in [2.05, 4.69) is 0 Å². The monoisotopic (exact) mass is 374 g/mol. The molecule has 4 N–H and O–H groups in total. The fraction of sp³-hybridized carbons (Fsp3) is 1.00. The number of alkyl halides is 6. The molecule has 2 fully saturated rings. The van der Waals surface area contributed by atoms with Crippen LogP contribution < -0.4 is 11.5 Å². The third-order valence-electron chi connectivity index (χ3n) is 6.70. The predicted octanol–water partition coefficient (Wildman–Crippen LogP) is 4.62. The summed E-state index contributed by atoms with van der Waals surface area (Å²) in [4.78, 5) is 0. The van der Waals surface area contributed by atoms with Gasteiger partial charge in [-0.15, -0.1) is 0 Å². The minimum atomic E-state index is -5.34. The van der Waals surface area contributed by atoms with Crippen LogP contribution in [0.4, 0.5) is 26.3 Å². The molecule has 2 nitrogen and oxygen atoms in total. The first-order chi connectivity index (χ1) is 11.3. The van der Waals surface area contributed by atoms with Crippen molar-refractivity contribution in [3.8, 4) is 0 Å². The number of hydrogen-bond donors (Lipinski definition) is 2. The number of hydrogen-bond acceptors (Lipinski definition) is 2. The molecule has 0 aromatic rings. The van der Waals surface area contributed by atoms with Gasteiger partial charge in [0.25, 0.3) is 0 Å². The lowest BCUT2D eigenvalue weighted by Crippen LogP contribution is -2.62. The van der Waals surface area contributed by atoms with Crippen LogP contribution in [0.3, 0.4) is 0 Å². The first-order valence-electron chi connectivity index (χ1n) is 8.97. The molecule has 0 saturated heterocycles. The third kappa shape index (κ3) is 3.53. The summed E-state index contributed by atoms with van der Waals surface area (Å²) in [5.41, 5.74) is 8.02. The average Bonchev–Trinajstić information content (AvgIpc) is 2.44. The van der Waals surface area contributed by atoms with Gasteiger partial charge in [-0.05, 0) is 62.2 Å². The van der Waals surface area contributed by atoms with Gasteiger partial charge in [0.2, 0.25) is 0 Å². The quantitative estimate of drug-likeness (QED) is 0.693. The fourth-order valence-corrected chi connectivity index (χ4v) is 5.09. The fourth-order valence-electron chi connectivity index (χ4n) is 5.09. The highest BCUT2D eigenvalue weighted by Gasteiger charge is 2.76. The zero-order valence-electron chi connectivity index (χ0n) is 14.6. The summed E-state index contributed by atoms with van der Waals surface area (Å²) in [6, 6.07) is -0.678. The molecule has 2 aliphatic rings. The maximum atomic E-state index is 14.1. The molecule has 148 valence electrons. The van der Waals surface area contributed by atoms with Crippen molar-refractivity contribution >= 4 is 0 Å². The smallest absolute Gasteiger partial charge is 0.327 e. The van der Waals surface area contributed by atoms with E-state index in [1.165, 1.54) is 0 Å². The Bertz CT molecular complexity index is 419. The molecule has 6 atom stereocenters. The van der Waals surface area contributed by atoms with E-state index in [0.717, 1.165) is 0 Å². The molecular weight excluding hydrogens is 346 g/mol. The van der Waals surface area contributed by atoms with E-state index in [4.69, 9.17) is 11.5 Å². The molecule has 2 saturated carbocycles. The molecular formula is C17H28F6N2. The van der Waals surface area contributed by atoms with Gasteiger partial charge in [-0.1, -0.05) is 13.8 Å². The van der Waals surface area contributed by atoms with Gasteiger partial charge in [-0.3, -0.25) is 0 Å². The topological polar surface area (TPSA) is 52.0 Å². The second-order valence-electron chi connectivity index (χ2n) is 8.17. The normalized spacial score (nSPS) is 38.6. The van der Waals surface area contributed by atoms with Crippen LogP contribution in [-0.2, 0) is 0 Å². The summed E-state index contributed by atoms with van der Waals surface area (Å²) in [6.07, 6.45) is -10.9. The molecule has 0 bridgehead atoms. The van der Waals surface area contributed by atoms with E-state index in [1.54, 1.807) is 13.8 Å². The van der Waals surface area contributed by atoms with Gasteiger partial charge in [0.15, 0.2) is 5.41 Å². The molecule has 0 heterocycles. The Labute approximate surface area is 144 Å². The Morgan fingerprint density at radius 2 is 0.960 bits per heavy atom. The van der Waals surface area contributed by atoms with E-state index in [-0.39, 0.29) is 62.4 Å². The molecule has 25 heavy (non-hydrogen) atoms. The van der Waals surface area contributed by atoms with Crippen molar-refractivity contribution in [1.82, 2.24) is 0 Å². The largest absolute Gasteiger partial charge is 0.403 e. The van der Waals surface area contributed by atoms with Crippen LogP contribution in [0, 0.1) is 29.1 Å². The summed E-state index contributed by atoms with van der Waals surface area (Å²) in [5, 5.41) is 0. The van der Waals surface area contributed by atoms with Crippen LogP contribution in [0.25, 0.3) is 0 Å². The molecule has 0 aromatic heterocycles. The van der Waals surface area contributed by atoms with Crippen molar-refractivity contribution in [3.05, 3.63) is 0 Å². The zero-order chi connectivity index (χ0) is 19.2. The maximum Gasteiger partial charge on any atom is 0.403 e. The van der Waals surface area contributed by atoms with E-state index >= 15 is 0 Å². The Morgan fingerprint density at radius 1 is 0.640 bits per heavy atom. The second-order valence-corrected chi connectivity index (χ2v) is 8.17. The molecule has 2 rings (SSSR count). The zero-order valence-corrected chi connectivity index (χ0v) is 14.6. The Kier molecular flexibility index (Phi) is 5.75. The molecule has 8 heteroatoms. The Morgan fingerprint density at radius 3 is 1.20 bits per heavy atom. The molecule has 0 amide bonds. The summed E-state index contributed by atoms with van der Waals surface area (Å²) in [5.74, 6) is -3.67. The summed E-state index contributed by atoms with van der Waals surface area (Å²) >= 11 is 0. The third-order valence-corrected chi connectivity index (χ3v) is 6.70. The number of rotatable bonds is 2. The van der Waals surface area contributed by atoms with E-state index in [9.17, 15) is 26.3 Å². The number of halogens is 6. The SMILES string of the molecule is CC1CC(C(C2CCC(N)C(C)C2)(C(F)(F)F)C(F)(F)F)CCC1N. The highest BCUT2D eigenvalue weighted by atomic mass is 19.4.